The average molecular weight is 335 g/mol. The van der Waals surface area contributed by atoms with Gasteiger partial charge in [0.2, 0.25) is 0 Å². The minimum absolute atomic E-state index is 0.615. The molecular formula is C22H29N3. The Balaban J connectivity index is 1.64. The number of rotatable bonds is 3. The van der Waals surface area contributed by atoms with Gasteiger partial charge < -0.3 is 9.88 Å². The lowest BCUT2D eigenvalue weighted by atomic mass is 9.92. The predicted molar refractivity (Wildman–Crippen MR) is 104 cm³/mol. The number of H-pyrrole nitrogens is 1. The van der Waals surface area contributed by atoms with E-state index in [1.165, 1.54) is 41.2 Å². The molecule has 0 bridgehead atoms. The van der Waals surface area contributed by atoms with Crippen molar-refractivity contribution in [2.75, 3.05) is 13.6 Å². The fraction of sp³-hybridized carbons (Fsp3) is 0.500. The summed E-state index contributed by atoms with van der Waals surface area (Å²) in [7, 11) is 2.26. The molecule has 3 heteroatoms. The number of aromatic amines is 1. The van der Waals surface area contributed by atoms with Crippen LogP contribution in [0, 0.1) is 12.8 Å². The normalized spacial score (nSPS) is 23.2. The summed E-state index contributed by atoms with van der Waals surface area (Å²) < 4.78 is 0. The Labute approximate surface area is 150 Å². The minimum atomic E-state index is 0.615. The van der Waals surface area contributed by atoms with Crippen molar-refractivity contribution < 1.29 is 0 Å². The molecule has 1 aliphatic carbocycles. The molecule has 1 aliphatic heterocycles. The lowest BCUT2D eigenvalue weighted by Crippen LogP contribution is -2.31. The maximum atomic E-state index is 4.45. The zero-order chi connectivity index (χ0) is 17.4. The molecular weight excluding hydrogens is 306 g/mol. The summed E-state index contributed by atoms with van der Waals surface area (Å²) in [6, 6.07) is 4.36. The second kappa shape index (κ2) is 6.80. The van der Waals surface area contributed by atoms with Crippen molar-refractivity contribution in [3.8, 4) is 0 Å². The van der Waals surface area contributed by atoms with Crippen LogP contribution in [0.5, 0.6) is 0 Å². The summed E-state index contributed by atoms with van der Waals surface area (Å²) in [4.78, 5) is 10.7. The quantitative estimate of drug-likeness (QED) is 0.935. The van der Waals surface area contributed by atoms with E-state index < -0.39 is 0 Å². The molecule has 2 unspecified atom stereocenters. The molecule has 132 valence electrons. The van der Waals surface area contributed by atoms with Gasteiger partial charge in [0.15, 0.2) is 0 Å². The Hall–Kier alpha value is -1.87. The molecule has 0 fully saturated rings. The van der Waals surface area contributed by atoms with Crippen LogP contribution in [0.15, 0.2) is 18.3 Å². The molecule has 2 aliphatic rings. The number of pyridine rings is 1. The maximum absolute atomic E-state index is 4.45. The van der Waals surface area contributed by atoms with Gasteiger partial charge in [0.25, 0.3) is 0 Å². The summed E-state index contributed by atoms with van der Waals surface area (Å²) in [6.45, 7) is 6.62. The van der Waals surface area contributed by atoms with Crippen LogP contribution < -0.4 is 10.6 Å². The van der Waals surface area contributed by atoms with Crippen LogP contribution >= 0.6 is 0 Å². The molecule has 0 spiro atoms. The molecule has 4 rings (SSSR count). The summed E-state index contributed by atoms with van der Waals surface area (Å²) in [5.74, 6) is 1.27. The van der Waals surface area contributed by atoms with Gasteiger partial charge in [0.05, 0.1) is 0 Å². The molecule has 3 nitrogen and oxygen atoms in total. The van der Waals surface area contributed by atoms with Gasteiger partial charge in [-0.05, 0) is 69.3 Å². The average Bonchev–Trinajstić information content (AvgIpc) is 2.85. The standard InChI is InChI=1S/C22H29N3/c1-15-4-9-21-19(12-15)20-14-25(3)11-10-18(22(20)24-21)8-7-17-6-5-16(2)23-13-17/h5-6,9,12-13,15,18,24H,4,7-8,10-11,14H2,1-3H3. The third kappa shape index (κ3) is 3.43. The smallest absolute Gasteiger partial charge is 0.0416 e. The fourth-order valence-corrected chi connectivity index (χ4v) is 4.27. The van der Waals surface area contributed by atoms with Gasteiger partial charge in [0, 0.05) is 40.6 Å². The summed E-state index contributed by atoms with van der Waals surface area (Å²) in [5, 5.41) is 2.84. The van der Waals surface area contributed by atoms with Crippen LogP contribution in [-0.4, -0.2) is 28.5 Å². The second-order valence-corrected chi connectivity index (χ2v) is 8.00. The summed E-state index contributed by atoms with van der Waals surface area (Å²) in [5.41, 5.74) is 5.49. The maximum Gasteiger partial charge on any atom is 0.0416 e. The van der Waals surface area contributed by atoms with Crippen molar-refractivity contribution in [1.29, 1.82) is 0 Å². The van der Waals surface area contributed by atoms with Gasteiger partial charge in [-0.25, -0.2) is 0 Å². The van der Waals surface area contributed by atoms with Crippen LogP contribution in [0.25, 0.3) is 12.2 Å². The predicted octanol–water partition coefficient (Wildman–Crippen LogP) is 2.87. The number of aromatic nitrogens is 2. The van der Waals surface area contributed by atoms with Crippen LogP contribution in [0.2, 0.25) is 0 Å². The number of hydrogen-bond acceptors (Lipinski definition) is 2. The Bertz CT molecular complexity index is 860. The number of hydrogen-bond donors (Lipinski definition) is 1. The van der Waals surface area contributed by atoms with Crippen LogP contribution in [0.3, 0.4) is 0 Å². The molecule has 0 radical (unpaired) electrons. The molecule has 2 aromatic rings. The number of nitrogens with one attached hydrogen (secondary N) is 1. The van der Waals surface area contributed by atoms with E-state index in [9.17, 15) is 0 Å². The number of nitrogens with zero attached hydrogens (tertiary/aromatic N) is 2. The van der Waals surface area contributed by atoms with Gasteiger partial charge in [0.1, 0.15) is 0 Å². The first-order chi connectivity index (χ1) is 12.1. The van der Waals surface area contributed by atoms with Crippen LogP contribution in [-0.2, 0) is 13.0 Å². The molecule has 0 saturated carbocycles. The van der Waals surface area contributed by atoms with E-state index in [1.807, 2.05) is 6.20 Å². The largest absolute Gasteiger partial charge is 0.358 e. The Morgan fingerprint density at radius 1 is 1.32 bits per heavy atom. The highest BCUT2D eigenvalue weighted by Crippen LogP contribution is 2.29. The van der Waals surface area contributed by atoms with Gasteiger partial charge >= 0.3 is 0 Å². The van der Waals surface area contributed by atoms with E-state index in [-0.39, 0.29) is 0 Å². The van der Waals surface area contributed by atoms with E-state index in [2.05, 4.69) is 60.0 Å². The lowest BCUT2D eigenvalue weighted by Gasteiger charge is -2.16. The Kier molecular flexibility index (Phi) is 4.51. The van der Waals surface area contributed by atoms with Crippen molar-refractivity contribution in [2.24, 2.45) is 5.92 Å². The Morgan fingerprint density at radius 3 is 3.00 bits per heavy atom. The van der Waals surface area contributed by atoms with E-state index in [1.54, 1.807) is 5.56 Å². The molecule has 0 amide bonds. The first kappa shape index (κ1) is 16.6. The third-order valence-corrected chi connectivity index (χ3v) is 5.80. The Morgan fingerprint density at radius 2 is 2.20 bits per heavy atom. The molecule has 2 aromatic heterocycles. The highest BCUT2D eigenvalue weighted by Gasteiger charge is 2.24. The molecule has 2 atom stereocenters. The van der Waals surface area contributed by atoms with E-state index >= 15 is 0 Å². The lowest BCUT2D eigenvalue weighted by molar-refractivity contribution is 0.321. The first-order valence-electron chi connectivity index (χ1n) is 9.63. The van der Waals surface area contributed by atoms with Crippen molar-refractivity contribution in [3.63, 3.8) is 0 Å². The summed E-state index contributed by atoms with van der Waals surface area (Å²) in [6.07, 6.45) is 11.6. The van der Waals surface area contributed by atoms with E-state index in [0.29, 0.717) is 11.8 Å². The molecule has 0 aromatic carbocycles. The molecule has 3 heterocycles. The third-order valence-electron chi connectivity index (χ3n) is 5.80. The topological polar surface area (TPSA) is 31.9 Å². The van der Waals surface area contributed by atoms with Crippen molar-refractivity contribution in [2.45, 2.75) is 52.0 Å². The van der Waals surface area contributed by atoms with Crippen molar-refractivity contribution in [1.82, 2.24) is 14.9 Å². The van der Waals surface area contributed by atoms with E-state index in [4.69, 9.17) is 0 Å². The number of fused-ring (bicyclic) bond motifs is 3. The molecule has 0 saturated heterocycles. The first-order valence-corrected chi connectivity index (χ1v) is 9.63. The molecule has 1 N–H and O–H groups in total. The monoisotopic (exact) mass is 335 g/mol. The number of aryl methyl sites for hydroxylation is 2. The second-order valence-electron chi connectivity index (χ2n) is 8.00. The summed E-state index contributed by atoms with van der Waals surface area (Å²) >= 11 is 0. The van der Waals surface area contributed by atoms with Crippen LogP contribution in [0.4, 0.5) is 0 Å². The van der Waals surface area contributed by atoms with Crippen molar-refractivity contribution in [3.05, 3.63) is 51.4 Å². The van der Waals surface area contributed by atoms with E-state index in [0.717, 1.165) is 25.1 Å². The van der Waals surface area contributed by atoms with Crippen molar-refractivity contribution >= 4 is 12.2 Å². The highest BCUT2D eigenvalue weighted by atomic mass is 15.1. The highest BCUT2D eigenvalue weighted by molar-refractivity contribution is 5.44. The van der Waals surface area contributed by atoms with Gasteiger partial charge in [-0.1, -0.05) is 25.1 Å². The van der Waals surface area contributed by atoms with Gasteiger partial charge in [-0.2, -0.15) is 0 Å². The van der Waals surface area contributed by atoms with Crippen LogP contribution in [0.1, 0.15) is 54.6 Å². The van der Waals surface area contributed by atoms with Gasteiger partial charge in [-0.15, -0.1) is 0 Å². The fourth-order valence-electron chi connectivity index (χ4n) is 4.27. The molecule has 25 heavy (non-hydrogen) atoms. The minimum Gasteiger partial charge on any atom is -0.358 e. The SMILES string of the molecule is Cc1ccc(CCC2CCN(C)Cc3c2[nH]c2c3=CC(C)CC=2)cn1. The zero-order valence-corrected chi connectivity index (χ0v) is 15.7. The zero-order valence-electron chi connectivity index (χ0n) is 15.7. The van der Waals surface area contributed by atoms with Gasteiger partial charge in [-0.3, -0.25) is 4.98 Å².